The summed E-state index contributed by atoms with van der Waals surface area (Å²) in [5.41, 5.74) is -0.860. The minimum Gasteiger partial charge on any atom is -0.393 e. The van der Waals surface area contributed by atoms with Gasteiger partial charge < -0.3 is 10.0 Å². The molecule has 20 heavy (non-hydrogen) atoms. The molecule has 110 valence electrons. The molecule has 7 heteroatoms. The zero-order valence-corrected chi connectivity index (χ0v) is 10.3. The number of nitrogens with zero attached hydrogens (tertiary/aromatic N) is 1. The number of aliphatic hydroxyl groups is 1. The van der Waals surface area contributed by atoms with Gasteiger partial charge in [0.05, 0.1) is 6.10 Å². The first-order valence-corrected chi connectivity index (χ1v) is 6.39. The molecule has 2 fully saturated rings. The first kappa shape index (κ1) is 13.6. The van der Waals surface area contributed by atoms with Crippen LogP contribution in [0.5, 0.6) is 0 Å². The predicted molar refractivity (Wildman–Crippen MR) is 60.8 cm³/mol. The van der Waals surface area contributed by atoms with Gasteiger partial charge in [0, 0.05) is 12.1 Å². The minimum absolute atomic E-state index is 0.274. The predicted octanol–water partition coefficient (Wildman–Crippen LogP) is 2.87. The highest BCUT2D eigenvalue weighted by atomic mass is 19.2. The monoisotopic (exact) mass is 293 g/mol. The van der Waals surface area contributed by atoms with E-state index in [0.717, 1.165) is 0 Å². The summed E-state index contributed by atoms with van der Waals surface area (Å²) in [6, 6.07) is -0.783. The number of aliphatic hydroxyl groups excluding tert-OH is 1. The van der Waals surface area contributed by atoms with Crippen LogP contribution in [0.15, 0.2) is 0 Å². The van der Waals surface area contributed by atoms with Crippen molar-refractivity contribution in [3.05, 3.63) is 29.1 Å². The summed E-state index contributed by atoms with van der Waals surface area (Å²) in [5, 5.41) is 9.62. The molecule has 0 spiro atoms. The summed E-state index contributed by atoms with van der Waals surface area (Å²) in [7, 11) is 0. The molecular formula is C13H12F5NO. The summed E-state index contributed by atoms with van der Waals surface area (Å²) in [5.74, 6) is -9.59. The van der Waals surface area contributed by atoms with Crippen molar-refractivity contribution in [3.8, 4) is 0 Å². The van der Waals surface area contributed by atoms with E-state index in [0.29, 0.717) is 12.8 Å². The standard InChI is InChI=1S/C13H12F5NO/c14-8-9(15)11(17)13(12(18)10(8)16)19-5-1-2-6(19)4-7(20)3-5/h5-7,20H,1-4H2. The molecule has 2 saturated heterocycles. The molecular weight excluding hydrogens is 281 g/mol. The van der Waals surface area contributed by atoms with Gasteiger partial charge in [-0.2, -0.15) is 0 Å². The largest absolute Gasteiger partial charge is 0.393 e. The van der Waals surface area contributed by atoms with Crippen molar-refractivity contribution < 1.29 is 27.1 Å². The zero-order chi connectivity index (χ0) is 14.6. The van der Waals surface area contributed by atoms with E-state index < -0.39 is 53.0 Å². The fraction of sp³-hybridized carbons (Fsp3) is 0.538. The molecule has 1 aromatic carbocycles. The Hall–Kier alpha value is -1.37. The second kappa shape index (κ2) is 4.58. The Labute approximate surface area is 111 Å². The molecule has 2 nitrogen and oxygen atoms in total. The number of hydrogen-bond acceptors (Lipinski definition) is 2. The van der Waals surface area contributed by atoms with Gasteiger partial charge in [-0.25, -0.2) is 22.0 Å². The lowest BCUT2D eigenvalue weighted by atomic mass is 9.98. The van der Waals surface area contributed by atoms with E-state index in [4.69, 9.17) is 0 Å². The molecule has 2 aliphatic heterocycles. The fourth-order valence-electron chi connectivity index (χ4n) is 3.33. The smallest absolute Gasteiger partial charge is 0.200 e. The Morgan fingerprint density at radius 3 is 1.60 bits per heavy atom. The normalized spacial score (nSPS) is 29.1. The Morgan fingerprint density at radius 2 is 1.15 bits per heavy atom. The third-order valence-corrected chi connectivity index (χ3v) is 4.15. The topological polar surface area (TPSA) is 23.5 Å². The summed E-state index contributed by atoms with van der Waals surface area (Å²) in [6.45, 7) is 0. The first-order valence-electron chi connectivity index (χ1n) is 6.39. The van der Waals surface area contributed by atoms with Crippen molar-refractivity contribution in [2.45, 2.75) is 43.9 Å². The molecule has 0 radical (unpaired) electrons. The van der Waals surface area contributed by atoms with Crippen LogP contribution in [-0.2, 0) is 0 Å². The van der Waals surface area contributed by atoms with E-state index in [2.05, 4.69) is 0 Å². The average Bonchev–Trinajstić information content (AvgIpc) is 2.67. The van der Waals surface area contributed by atoms with Crippen LogP contribution in [0.3, 0.4) is 0 Å². The van der Waals surface area contributed by atoms with E-state index in [1.807, 2.05) is 0 Å². The van der Waals surface area contributed by atoms with Gasteiger partial charge in [0.25, 0.3) is 0 Å². The Kier molecular flexibility index (Phi) is 3.12. The van der Waals surface area contributed by atoms with Crippen LogP contribution in [0.4, 0.5) is 27.6 Å². The molecule has 3 rings (SSSR count). The quantitative estimate of drug-likeness (QED) is 0.489. The molecule has 0 aliphatic carbocycles. The van der Waals surface area contributed by atoms with Crippen LogP contribution in [0, 0.1) is 29.1 Å². The third kappa shape index (κ3) is 1.79. The van der Waals surface area contributed by atoms with E-state index in [1.54, 1.807) is 0 Å². The van der Waals surface area contributed by atoms with Gasteiger partial charge in [0.15, 0.2) is 23.3 Å². The van der Waals surface area contributed by atoms with Crippen LogP contribution >= 0.6 is 0 Å². The van der Waals surface area contributed by atoms with Gasteiger partial charge in [-0.1, -0.05) is 0 Å². The number of anilines is 1. The van der Waals surface area contributed by atoms with Crippen molar-refractivity contribution in [2.75, 3.05) is 4.90 Å². The molecule has 2 atom stereocenters. The van der Waals surface area contributed by atoms with E-state index >= 15 is 0 Å². The van der Waals surface area contributed by atoms with Gasteiger partial charge in [0.1, 0.15) is 5.69 Å². The van der Waals surface area contributed by atoms with E-state index in [-0.39, 0.29) is 12.8 Å². The van der Waals surface area contributed by atoms with Crippen molar-refractivity contribution in [3.63, 3.8) is 0 Å². The number of hydrogen-bond donors (Lipinski definition) is 1. The van der Waals surface area contributed by atoms with Crippen LogP contribution in [-0.4, -0.2) is 23.3 Å². The highest BCUT2D eigenvalue weighted by Gasteiger charge is 2.44. The minimum atomic E-state index is -2.15. The second-order valence-corrected chi connectivity index (χ2v) is 5.34. The van der Waals surface area contributed by atoms with Gasteiger partial charge in [-0.15, -0.1) is 0 Å². The highest BCUT2D eigenvalue weighted by Crippen LogP contribution is 2.42. The number of rotatable bonds is 1. The molecule has 1 aromatic rings. The summed E-state index contributed by atoms with van der Waals surface area (Å²) in [4.78, 5) is 1.25. The number of fused-ring (bicyclic) bond motifs is 2. The maximum absolute atomic E-state index is 13.8. The van der Waals surface area contributed by atoms with Crippen LogP contribution in [0.25, 0.3) is 0 Å². The Bertz CT molecular complexity index is 521. The maximum Gasteiger partial charge on any atom is 0.200 e. The number of halogens is 5. The van der Waals surface area contributed by atoms with Crippen LogP contribution in [0.2, 0.25) is 0 Å². The van der Waals surface area contributed by atoms with E-state index in [9.17, 15) is 27.1 Å². The molecule has 1 N–H and O–H groups in total. The average molecular weight is 293 g/mol. The molecule has 2 aliphatic rings. The number of benzene rings is 1. The van der Waals surface area contributed by atoms with Gasteiger partial charge in [-0.05, 0) is 25.7 Å². The highest BCUT2D eigenvalue weighted by molar-refractivity contribution is 5.54. The molecule has 0 amide bonds. The van der Waals surface area contributed by atoms with Crippen molar-refractivity contribution >= 4 is 5.69 Å². The van der Waals surface area contributed by atoms with Crippen molar-refractivity contribution in [1.82, 2.24) is 0 Å². The lowest BCUT2D eigenvalue weighted by molar-refractivity contribution is 0.125. The summed E-state index contributed by atoms with van der Waals surface area (Å²) in [6.07, 6.45) is 1.10. The first-order chi connectivity index (χ1) is 9.41. The second-order valence-electron chi connectivity index (χ2n) is 5.34. The SMILES string of the molecule is OC1CC2CCC(C1)N2c1c(F)c(F)c(F)c(F)c1F. The van der Waals surface area contributed by atoms with Gasteiger partial charge >= 0.3 is 0 Å². The summed E-state index contributed by atoms with van der Waals surface area (Å²) < 4.78 is 67.3. The van der Waals surface area contributed by atoms with Crippen LogP contribution < -0.4 is 4.90 Å². The third-order valence-electron chi connectivity index (χ3n) is 4.15. The zero-order valence-electron chi connectivity index (χ0n) is 10.3. The van der Waals surface area contributed by atoms with E-state index in [1.165, 1.54) is 4.90 Å². The molecule has 2 bridgehead atoms. The summed E-state index contributed by atoms with van der Waals surface area (Å²) >= 11 is 0. The fourth-order valence-corrected chi connectivity index (χ4v) is 3.33. The lowest BCUT2D eigenvalue weighted by Crippen LogP contribution is -2.46. The lowest BCUT2D eigenvalue weighted by Gasteiger charge is -2.39. The Balaban J connectivity index is 2.12. The van der Waals surface area contributed by atoms with Crippen molar-refractivity contribution in [1.29, 1.82) is 0 Å². The molecule has 0 saturated carbocycles. The maximum atomic E-state index is 13.8. The Morgan fingerprint density at radius 1 is 0.750 bits per heavy atom. The van der Waals surface area contributed by atoms with Gasteiger partial charge in [-0.3, -0.25) is 0 Å². The molecule has 2 unspecified atom stereocenters. The van der Waals surface area contributed by atoms with Crippen molar-refractivity contribution in [2.24, 2.45) is 0 Å². The van der Waals surface area contributed by atoms with Crippen LogP contribution in [0.1, 0.15) is 25.7 Å². The van der Waals surface area contributed by atoms with Gasteiger partial charge in [0.2, 0.25) is 5.82 Å². The molecule has 2 heterocycles. The molecule has 0 aromatic heterocycles. The number of piperidine rings is 1.